The molecule has 122 valence electrons. The molecule has 0 aromatic heterocycles. The van der Waals surface area contributed by atoms with E-state index in [2.05, 4.69) is 66.5 Å². The summed E-state index contributed by atoms with van der Waals surface area (Å²) < 4.78 is 0. The molecule has 24 heavy (non-hydrogen) atoms. The minimum atomic E-state index is 0.341. The summed E-state index contributed by atoms with van der Waals surface area (Å²) in [5.74, 6) is 0.341. The smallest absolute Gasteiger partial charge is 0.0594 e. The molecule has 0 radical (unpaired) electrons. The van der Waals surface area contributed by atoms with E-state index in [1.165, 1.54) is 5.70 Å². The van der Waals surface area contributed by atoms with Gasteiger partial charge >= 0.3 is 0 Å². The summed E-state index contributed by atoms with van der Waals surface area (Å²) in [4.78, 5) is 2.18. The molecule has 3 rings (SSSR count). The summed E-state index contributed by atoms with van der Waals surface area (Å²) in [5, 5.41) is 6.82. The molecule has 1 aliphatic rings. The van der Waals surface area contributed by atoms with Gasteiger partial charge in [-0.2, -0.15) is 5.10 Å². The number of benzene rings is 2. The van der Waals surface area contributed by atoms with Crippen molar-refractivity contribution >= 4 is 11.9 Å². The highest BCUT2D eigenvalue weighted by Crippen LogP contribution is 2.25. The first kappa shape index (κ1) is 16.1. The van der Waals surface area contributed by atoms with Crippen molar-refractivity contribution in [3.63, 3.8) is 0 Å². The highest BCUT2D eigenvalue weighted by atomic mass is 15.4. The maximum Gasteiger partial charge on any atom is 0.0594 e. The standard InChI is InChI=1S/C21H23N3/c1-23(2)21-15-9-12-19(21)17-24(20-13-7-4-8-14-20)22-16-18-10-5-3-6-11-18/h3-16,19H,17H2,1-2H3. The minimum Gasteiger partial charge on any atom is -0.380 e. The predicted octanol–water partition coefficient (Wildman–Crippen LogP) is 4.16. The Morgan fingerprint density at radius 2 is 1.62 bits per heavy atom. The number of nitrogens with zero attached hydrogens (tertiary/aromatic N) is 3. The first-order chi connectivity index (χ1) is 11.7. The van der Waals surface area contributed by atoms with Crippen LogP contribution < -0.4 is 5.01 Å². The van der Waals surface area contributed by atoms with Gasteiger partial charge in [-0.05, 0) is 23.8 Å². The molecule has 1 aliphatic carbocycles. The van der Waals surface area contributed by atoms with Gasteiger partial charge in [-0.15, -0.1) is 0 Å². The average molecular weight is 317 g/mol. The highest BCUT2D eigenvalue weighted by molar-refractivity contribution is 5.80. The van der Waals surface area contributed by atoms with E-state index in [0.29, 0.717) is 5.92 Å². The second-order valence-corrected chi connectivity index (χ2v) is 6.05. The van der Waals surface area contributed by atoms with Crippen molar-refractivity contribution in [1.82, 2.24) is 4.90 Å². The number of allylic oxidation sites excluding steroid dienone is 2. The van der Waals surface area contributed by atoms with Crippen molar-refractivity contribution in [2.24, 2.45) is 11.0 Å². The zero-order valence-electron chi connectivity index (χ0n) is 14.2. The van der Waals surface area contributed by atoms with Gasteiger partial charge in [-0.25, -0.2) is 0 Å². The van der Waals surface area contributed by atoms with Crippen LogP contribution in [-0.2, 0) is 0 Å². The molecule has 0 amide bonds. The van der Waals surface area contributed by atoms with Crippen molar-refractivity contribution in [2.45, 2.75) is 0 Å². The van der Waals surface area contributed by atoms with Crippen molar-refractivity contribution in [3.8, 4) is 0 Å². The summed E-state index contributed by atoms with van der Waals surface area (Å²) in [6.45, 7) is 0.813. The van der Waals surface area contributed by atoms with Crippen LogP contribution in [0.25, 0.3) is 0 Å². The quantitative estimate of drug-likeness (QED) is 0.588. The average Bonchev–Trinajstić information content (AvgIpc) is 3.09. The van der Waals surface area contributed by atoms with Crippen LogP contribution in [0, 0.1) is 5.92 Å². The molecule has 0 bridgehead atoms. The van der Waals surface area contributed by atoms with Crippen LogP contribution >= 0.6 is 0 Å². The summed E-state index contributed by atoms with van der Waals surface area (Å²) >= 11 is 0. The lowest BCUT2D eigenvalue weighted by molar-refractivity contribution is 0.454. The third kappa shape index (κ3) is 3.93. The normalized spacial score (nSPS) is 16.4. The second kappa shape index (κ2) is 7.64. The van der Waals surface area contributed by atoms with Crippen LogP contribution in [0.15, 0.2) is 89.7 Å². The third-order valence-electron chi connectivity index (χ3n) is 4.08. The van der Waals surface area contributed by atoms with Gasteiger partial charge in [0, 0.05) is 25.7 Å². The molecule has 1 unspecified atom stereocenters. The van der Waals surface area contributed by atoms with Gasteiger partial charge < -0.3 is 4.90 Å². The molecular weight excluding hydrogens is 294 g/mol. The van der Waals surface area contributed by atoms with E-state index >= 15 is 0 Å². The van der Waals surface area contributed by atoms with E-state index in [1.807, 2.05) is 42.6 Å². The summed E-state index contributed by atoms with van der Waals surface area (Å²) in [5.41, 5.74) is 3.51. The van der Waals surface area contributed by atoms with Gasteiger partial charge in [-0.1, -0.05) is 60.7 Å². The van der Waals surface area contributed by atoms with E-state index in [4.69, 9.17) is 5.10 Å². The van der Waals surface area contributed by atoms with Gasteiger partial charge in [-0.3, -0.25) is 5.01 Å². The van der Waals surface area contributed by atoms with E-state index < -0.39 is 0 Å². The van der Waals surface area contributed by atoms with Crippen molar-refractivity contribution < 1.29 is 0 Å². The molecule has 2 aromatic carbocycles. The maximum absolute atomic E-state index is 4.75. The van der Waals surface area contributed by atoms with Crippen LogP contribution in [0.2, 0.25) is 0 Å². The lowest BCUT2D eigenvalue weighted by Crippen LogP contribution is -2.28. The summed E-state index contributed by atoms with van der Waals surface area (Å²) in [6, 6.07) is 20.5. The first-order valence-corrected chi connectivity index (χ1v) is 8.21. The SMILES string of the molecule is CN(C)C1=CC=CC1CN(N=Cc1ccccc1)c1ccccc1. The largest absolute Gasteiger partial charge is 0.380 e. The molecule has 0 aliphatic heterocycles. The Morgan fingerprint density at radius 3 is 2.29 bits per heavy atom. The highest BCUT2D eigenvalue weighted by Gasteiger charge is 2.20. The molecule has 0 heterocycles. The molecule has 0 saturated heterocycles. The van der Waals surface area contributed by atoms with Crippen LogP contribution in [0.5, 0.6) is 0 Å². The van der Waals surface area contributed by atoms with Crippen LogP contribution in [0.4, 0.5) is 5.69 Å². The fraction of sp³-hybridized carbons (Fsp3) is 0.190. The number of hydrogen-bond acceptors (Lipinski definition) is 3. The van der Waals surface area contributed by atoms with Crippen molar-refractivity contribution in [2.75, 3.05) is 25.6 Å². The van der Waals surface area contributed by atoms with Gasteiger partial charge in [0.2, 0.25) is 0 Å². The molecule has 0 saturated carbocycles. The maximum atomic E-state index is 4.75. The summed E-state index contributed by atoms with van der Waals surface area (Å²) in [7, 11) is 4.18. The molecule has 2 aromatic rings. The number of anilines is 1. The van der Waals surface area contributed by atoms with Crippen LogP contribution in [-0.4, -0.2) is 31.8 Å². The summed E-state index contributed by atoms with van der Waals surface area (Å²) in [6.07, 6.45) is 8.47. The Balaban J connectivity index is 1.82. The van der Waals surface area contributed by atoms with Crippen molar-refractivity contribution in [1.29, 1.82) is 0 Å². The monoisotopic (exact) mass is 317 g/mol. The Morgan fingerprint density at radius 1 is 0.958 bits per heavy atom. The fourth-order valence-corrected chi connectivity index (χ4v) is 2.83. The second-order valence-electron chi connectivity index (χ2n) is 6.05. The zero-order chi connectivity index (χ0) is 16.8. The van der Waals surface area contributed by atoms with Crippen molar-refractivity contribution in [3.05, 3.63) is 90.2 Å². The molecular formula is C21H23N3. The molecule has 0 N–H and O–H groups in total. The molecule has 3 nitrogen and oxygen atoms in total. The van der Waals surface area contributed by atoms with Gasteiger partial charge in [0.05, 0.1) is 18.4 Å². The third-order valence-corrected chi connectivity index (χ3v) is 4.08. The number of rotatable bonds is 6. The molecule has 0 spiro atoms. The van der Waals surface area contributed by atoms with Crippen LogP contribution in [0.3, 0.4) is 0 Å². The Hall–Kier alpha value is -2.81. The van der Waals surface area contributed by atoms with Gasteiger partial charge in [0.15, 0.2) is 0 Å². The lowest BCUT2D eigenvalue weighted by Gasteiger charge is -2.27. The topological polar surface area (TPSA) is 18.8 Å². The molecule has 0 fully saturated rings. The van der Waals surface area contributed by atoms with Gasteiger partial charge in [0.1, 0.15) is 0 Å². The van der Waals surface area contributed by atoms with E-state index in [1.54, 1.807) is 0 Å². The number of hydrogen-bond donors (Lipinski definition) is 0. The van der Waals surface area contributed by atoms with E-state index in [0.717, 1.165) is 17.8 Å². The zero-order valence-corrected chi connectivity index (χ0v) is 14.2. The molecule has 1 atom stereocenters. The number of para-hydroxylation sites is 1. The Bertz CT molecular complexity index is 730. The first-order valence-electron chi connectivity index (χ1n) is 8.21. The van der Waals surface area contributed by atoms with Gasteiger partial charge in [0.25, 0.3) is 0 Å². The van der Waals surface area contributed by atoms with Crippen LogP contribution in [0.1, 0.15) is 5.56 Å². The number of hydrazone groups is 1. The minimum absolute atomic E-state index is 0.341. The fourth-order valence-electron chi connectivity index (χ4n) is 2.83. The Labute approximate surface area is 144 Å². The predicted molar refractivity (Wildman–Crippen MR) is 102 cm³/mol. The van der Waals surface area contributed by atoms with E-state index in [-0.39, 0.29) is 0 Å². The molecule has 3 heteroatoms. The Kier molecular flexibility index (Phi) is 5.12. The lowest BCUT2D eigenvalue weighted by atomic mass is 10.1. The van der Waals surface area contributed by atoms with E-state index in [9.17, 15) is 0 Å².